The topological polar surface area (TPSA) is 8.81 Å². The molecule has 0 aliphatic heterocycles. The lowest BCUT2D eigenvalue weighted by Gasteiger charge is -2.24. The Kier molecular flexibility index (Phi) is 5.57. The van der Waals surface area contributed by atoms with Crippen molar-refractivity contribution in [3.8, 4) is 11.3 Å². The fourth-order valence-corrected chi connectivity index (χ4v) is 8.46. The van der Waals surface area contributed by atoms with Crippen molar-refractivity contribution < 1.29 is 4.57 Å². The molecule has 184 valence electrons. The van der Waals surface area contributed by atoms with Gasteiger partial charge in [-0.2, -0.15) is 0 Å². The molecule has 0 bridgehead atoms. The summed E-state index contributed by atoms with van der Waals surface area (Å²) in [6.45, 7) is 11.7. The molecule has 0 saturated carbocycles. The van der Waals surface area contributed by atoms with Crippen LogP contribution in [0.25, 0.3) is 43.8 Å². The first-order valence-electron chi connectivity index (χ1n) is 13.3. The standard InChI is InChI=1S/C34H35N2Si/c1-23(2)36-32-15-11-10-14-29(32)31-20-24(3)30(22-33(31)36)34-28-17-16-27(21-25(28)18-19-35(34)4)37(5,6)26-12-8-7-9-13-26/h7-23H,1-6H3/q+1. The van der Waals surface area contributed by atoms with Crippen LogP contribution in [0.4, 0.5) is 0 Å². The van der Waals surface area contributed by atoms with E-state index in [0.29, 0.717) is 6.04 Å². The van der Waals surface area contributed by atoms with E-state index in [1.54, 1.807) is 0 Å². The normalized spacial score (nSPS) is 12.3. The van der Waals surface area contributed by atoms with Crippen LogP contribution in [-0.2, 0) is 7.05 Å². The summed E-state index contributed by atoms with van der Waals surface area (Å²) in [5, 5.41) is 8.23. The van der Waals surface area contributed by atoms with Gasteiger partial charge in [-0.25, -0.2) is 4.57 Å². The van der Waals surface area contributed by atoms with Gasteiger partial charge in [0, 0.05) is 28.4 Å². The lowest BCUT2D eigenvalue weighted by atomic mass is 9.97. The Morgan fingerprint density at radius 3 is 2.19 bits per heavy atom. The van der Waals surface area contributed by atoms with Crippen LogP contribution in [0.2, 0.25) is 13.1 Å². The van der Waals surface area contributed by atoms with Crippen LogP contribution in [0.3, 0.4) is 0 Å². The highest BCUT2D eigenvalue weighted by Gasteiger charge is 2.27. The molecule has 2 aromatic heterocycles. The number of hydrogen-bond acceptors (Lipinski definition) is 0. The molecule has 0 unspecified atom stereocenters. The maximum atomic E-state index is 2.49. The van der Waals surface area contributed by atoms with Gasteiger partial charge < -0.3 is 4.57 Å². The van der Waals surface area contributed by atoms with Gasteiger partial charge in [0.2, 0.25) is 5.69 Å². The van der Waals surface area contributed by atoms with E-state index in [2.05, 4.69) is 147 Å². The fraction of sp³-hybridized carbons (Fsp3) is 0.206. The van der Waals surface area contributed by atoms with Gasteiger partial charge in [-0.1, -0.05) is 84.1 Å². The average molecular weight is 500 g/mol. The summed E-state index contributed by atoms with van der Waals surface area (Å²) >= 11 is 0. The summed E-state index contributed by atoms with van der Waals surface area (Å²) in [5.74, 6) is 0. The van der Waals surface area contributed by atoms with Crippen molar-refractivity contribution in [1.82, 2.24) is 4.57 Å². The van der Waals surface area contributed by atoms with Gasteiger partial charge in [0.1, 0.15) is 15.1 Å². The number of rotatable bonds is 4. The van der Waals surface area contributed by atoms with E-state index in [-0.39, 0.29) is 0 Å². The van der Waals surface area contributed by atoms with E-state index in [9.17, 15) is 0 Å². The quantitative estimate of drug-likeness (QED) is 0.180. The van der Waals surface area contributed by atoms with Crippen LogP contribution in [0.5, 0.6) is 0 Å². The third kappa shape index (κ3) is 3.72. The van der Waals surface area contributed by atoms with Crippen molar-refractivity contribution in [3.63, 3.8) is 0 Å². The molecule has 37 heavy (non-hydrogen) atoms. The minimum absolute atomic E-state index is 0.381. The first kappa shape index (κ1) is 23.7. The summed E-state index contributed by atoms with van der Waals surface area (Å²) in [5.41, 5.74) is 6.51. The summed E-state index contributed by atoms with van der Waals surface area (Å²) in [7, 11) is 0.394. The molecule has 2 nitrogen and oxygen atoms in total. The molecule has 0 amide bonds. The first-order chi connectivity index (χ1) is 17.8. The monoisotopic (exact) mass is 499 g/mol. The zero-order valence-electron chi connectivity index (χ0n) is 22.7. The van der Waals surface area contributed by atoms with Crippen molar-refractivity contribution in [3.05, 3.63) is 103 Å². The SMILES string of the molecule is Cc1cc2c3ccccc3n(C(C)C)c2cc1-c1c2ccc([Si](C)(C)c3ccccc3)cc2cc[n+]1C. The molecule has 0 atom stereocenters. The number of benzene rings is 4. The van der Waals surface area contributed by atoms with Crippen molar-refractivity contribution in [2.45, 2.75) is 39.9 Å². The second-order valence-electron chi connectivity index (χ2n) is 11.2. The van der Waals surface area contributed by atoms with Gasteiger partial charge in [-0.05, 0) is 56.0 Å². The number of fused-ring (bicyclic) bond motifs is 4. The second kappa shape index (κ2) is 8.71. The van der Waals surface area contributed by atoms with E-state index >= 15 is 0 Å². The highest BCUT2D eigenvalue weighted by molar-refractivity contribution is 7.00. The van der Waals surface area contributed by atoms with Crippen LogP contribution < -0.4 is 14.9 Å². The lowest BCUT2D eigenvalue weighted by Crippen LogP contribution is -2.52. The average Bonchev–Trinajstić information content (AvgIpc) is 3.22. The smallest absolute Gasteiger partial charge is 0.220 e. The van der Waals surface area contributed by atoms with Crippen molar-refractivity contribution in [1.29, 1.82) is 0 Å². The van der Waals surface area contributed by atoms with Gasteiger partial charge in [-0.15, -0.1) is 0 Å². The summed E-state index contributed by atoms with van der Waals surface area (Å²) < 4.78 is 4.78. The third-order valence-corrected chi connectivity index (χ3v) is 11.7. The van der Waals surface area contributed by atoms with Crippen LogP contribution in [0, 0.1) is 6.92 Å². The molecule has 0 saturated heterocycles. The maximum absolute atomic E-state index is 2.49. The molecular formula is C34H35N2Si+. The van der Waals surface area contributed by atoms with Crippen molar-refractivity contribution in [2.75, 3.05) is 0 Å². The van der Waals surface area contributed by atoms with Crippen molar-refractivity contribution in [2.24, 2.45) is 7.05 Å². The summed E-state index contributed by atoms with van der Waals surface area (Å²) in [4.78, 5) is 0. The molecule has 0 N–H and O–H groups in total. The molecule has 0 radical (unpaired) electrons. The van der Waals surface area contributed by atoms with Gasteiger partial charge in [-0.3, -0.25) is 0 Å². The van der Waals surface area contributed by atoms with Crippen LogP contribution >= 0.6 is 0 Å². The van der Waals surface area contributed by atoms with E-state index in [1.807, 2.05) is 0 Å². The van der Waals surface area contributed by atoms with Crippen LogP contribution in [-0.4, -0.2) is 12.6 Å². The molecule has 0 fully saturated rings. The Balaban J connectivity index is 1.59. The predicted molar refractivity (Wildman–Crippen MR) is 162 cm³/mol. The van der Waals surface area contributed by atoms with E-state index in [4.69, 9.17) is 0 Å². The molecule has 0 spiro atoms. The first-order valence-corrected chi connectivity index (χ1v) is 16.3. The van der Waals surface area contributed by atoms with Crippen molar-refractivity contribution >= 4 is 51.0 Å². The van der Waals surface area contributed by atoms with Gasteiger partial charge in [0.05, 0.1) is 16.5 Å². The lowest BCUT2D eigenvalue weighted by molar-refractivity contribution is -0.659. The largest absolute Gasteiger partial charge is 0.338 e. The van der Waals surface area contributed by atoms with Gasteiger partial charge in [0.15, 0.2) is 6.20 Å². The molecule has 0 aliphatic carbocycles. The Labute approximate surface area is 220 Å². The third-order valence-electron chi connectivity index (χ3n) is 8.18. The minimum Gasteiger partial charge on any atom is -0.338 e. The Bertz CT molecular complexity index is 1790. The minimum atomic E-state index is -1.78. The number of aromatic nitrogens is 2. The van der Waals surface area contributed by atoms with E-state index in [1.165, 1.54) is 59.8 Å². The summed E-state index contributed by atoms with van der Waals surface area (Å²) in [6.07, 6.45) is 2.22. The molecular weight excluding hydrogens is 464 g/mol. The predicted octanol–water partition coefficient (Wildman–Crippen LogP) is 7.15. The molecule has 6 rings (SSSR count). The van der Waals surface area contributed by atoms with Gasteiger partial charge >= 0.3 is 0 Å². The zero-order valence-corrected chi connectivity index (χ0v) is 23.7. The Morgan fingerprint density at radius 2 is 1.43 bits per heavy atom. The zero-order chi connectivity index (χ0) is 25.9. The molecule has 6 aromatic rings. The molecule has 3 heteroatoms. The maximum Gasteiger partial charge on any atom is 0.220 e. The van der Waals surface area contributed by atoms with Crippen LogP contribution in [0.1, 0.15) is 25.5 Å². The fourth-order valence-electron chi connectivity index (χ4n) is 6.08. The highest BCUT2D eigenvalue weighted by atomic mass is 28.3. The number of hydrogen-bond donors (Lipinski definition) is 0. The second-order valence-corrected chi connectivity index (χ2v) is 15.6. The Hall–Kier alpha value is -3.69. The number of pyridine rings is 1. The van der Waals surface area contributed by atoms with Crippen LogP contribution in [0.15, 0.2) is 97.2 Å². The van der Waals surface area contributed by atoms with E-state index in [0.717, 1.165) is 0 Å². The Morgan fingerprint density at radius 1 is 0.703 bits per heavy atom. The number of nitrogens with zero attached hydrogens (tertiary/aromatic N) is 2. The molecule has 2 heterocycles. The number of para-hydroxylation sites is 1. The summed E-state index contributed by atoms with van der Waals surface area (Å²) in [6, 6.07) is 34.5. The van der Waals surface area contributed by atoms with E-state index < -0.39 is 8.07 Å². The number of aryl methyl sites for hydroxylation is 2. The van der Waals surface area contributed by atoms with Gasteiger partial charge in [0.25, 0.3) is 0 Å². The molecule has 0 aliphatic rings. The molecule has 4 aromatic carbocycles. The highest BCUT2D eigenvalue weighted by Crippen LogP contribution is 2.37.